The SMILES string of the molecule is CCCNCc1cc(C#N)n(C)c1. The molecule has 0 aromatic carbocycles. The van der Waals surface area contributed by atoms with Gasteiger partial charge in [0.05, 0.1) is 0 Å². The zero-order valence-electron chi connectivity index (χ0n) is 8.17. The van der Waals surface area contributed by atoms with E-state index in [1.807, 2.05) is 23.9 Å². The number of hydrogen-bond donors (Lipinski definition) is 1. The Morgan fingerprint density at radius 2 is 2.38 bits per heavy atom. The maximum Gasteiger partial charge on any atom is 0.120 e. The van der Waals surface area contributed by atoms with Crippen molar-refractivity contribution in [1.29, 1.82) is 5.26 Å². The zero-order valence-corrected chi connectivity index (χ0v) is 8.17. The summed E-state index contributed by atoms with van der Waals surface area (Å²) in [5.74, 6) is 0. The van der Waals surface area contributed by atoms with Crippen molar-refractivity contribution < 1.29 is 0 Å². The summed E-state index contributed by atoms with van der Waals surface area (Å²) in [5.41, 5.74) is 1.89. The number of aryl methyl sites for hydroxylation is 1. The Bertz CT molecular complexity index is 306. The molecule has 1 aromatic heterocycles. The first-order chi connectivity index (χ1) is 6.27. The number of aromatic nitrogens is 1. The fourth-order valence-corrected chi connectivity index (χ4v) is 1.25. The quantitative estimate of drug-likeness (QED) is 0.706. The van der Waals surface area contributed by atoms with Gasteiger partial charge in [0.2, 0.25) is 0 Å². The summed E-state index contributed by atoms with van der Waals surface area (Å²) in [5, 5.41) is 12.0. The van der Waals surface area contributed by atoms with Gasteiger partial charge in [-0.15, -0.1) is 0 Å². The molecular formula is C10H15N3. The summed E-state index contributed by atoms with van der Waals surface area (Å²) in [6, 6.07) is 4.06. The molecule has 0 aliphatic heterocycles. The van der Waals surface area contributed by atoms with E-state index in [4.69, 9.17) is 5.26 Å². The Morgan fingerprint density at radius 3 is 2.92 bits per heavy atom. The van der Waals surface area contributed by atoms with Crippen LogP contribution in [0.25, 0.3) is 0 Å². The standard InChI is InChI=1S/C10H15N3/c1-3-4-12-7-9-5-10(6-11)13(2)8-9/h5,8,12H,3-4,7H2,1-2H3. The highest BCUT2D eigenvalue weighted by Gasteiger charge is 2.00. The highest BCUT2D eigenvalue weighted by Crippen LogP contribution is 2.05. The summed E-state index contributed by atoms with van der Waals surface area (Å²) < 4.78 is 1.85. The summed E-state index contributed by atoms with van der Waals surface area (Å²) in [6.07, 6.45) is 3.12. The van der Waals surface area contributed by atoms with Gasteiger partial charge in [0.25, 0.3) is 0 Å². The van der Waals surface area contributed by atoms with Gasteiger partial charge in [-0.05, 0) is 24.6 Å². The molecular weight excluding hydrogens is 162 g/mol. The van der Waals surface area contributed by atoms with Gasteiger partial charge in [-0.3, -0.25) is 0 Å². The Hall–Kier alpha value is -1.27. The monoisotopic (exact) mass is 177 g/mol. The molecule has 13 heavy (non-hydrogen) atoms. The highest BCUT2D eigenvalue weighted by molar-refractivity contribution is 5.28. The fraction of sp³-hybridized carbons (Fsp3) is 0.500. The molecule has 3 nitrogen and oxygen atoms in total. The van der Waals surface area contributed by atoms with Crippen molar-refractivity contribution in [2.75, 3.05) is 6.54 Å². The molecule has 0 bridgehead atoms. The van der Waals surface area contributed by atoms with E-state index in [1.54, 1.807) is 0 Å². The number of hydrogen-bond acceptors (Lipinski definition) is 2. The predicted octanol–water partition coefficient (Wildman–Crippen LogP) is 1.40. The normalized spacial score (nSPS) is 9.92. The molecule has 0 saturated heterocycles. The maximum absolute atomic E-state index is 8.71. The minimum Gasteiger partial charge on any atom is -0.342 e. The Balaban J connectivity index is 2.54. The second-order valence-corrected chi connectivity index (χ2v) is 3.13. The fourth-order valence-electron chi connectivity index (χ4n) is 1.25. The average Bonchev–Trinajstić information content (AvgIpc) is 2.47. The third kappa shape index (κ3) is 2.60. The molecule has 1 rings (SSSR count). The zero-order chi connectivity index (χ0) is 9.68. The van der Waals surface area contributed by atoms with Gasteiger partial charge < -0.3 is 9.88 Å². The average molecular weight is 177 g/mol. The van der Waals surface area contributed by atoms with Crippen molar-refractivity contribution in [2.45, 2.75) is 19.9 Å². The third-order valence-corrected chi connectivity index (χ3v) is 1.93. The molecule has 0 unspecified atom stereocenters. The van der Waals surface area contributed by atoms with Crippen LogP contribution in [0.4, 0.5) is 0 Å². The van der Waals surface area contributed by atoms with Gasteiger partial charge in [0, 0.05) is 19.8 Å². The second-order valence-electron chi connectivity index (χ2n) is 3.13. The number of nitrogens with one attached hydrogen (secondary N) is 1. The van der Waals surface area contributed by atoms with Crippen LogP contribution >= 0.6 is 0 Å². The van der Waals surface area contributed by atoms with Crippen molar-refractivity contribution >= 4 is 0 Å². The number of nitriles is 1. The lowest BCUT2D eigenvalue weighted by atomic mass is 10.3. The molecule has 0 saturated carbocycles. The van der Waals surface area contributed by atoms with Gasteiger partial charge in [-0.25, -0.2) is 0 Å². The van der Waals surface area contributed by atoms with Crippen LogP contribution in [0.3, 0.4) is 0 Å². The van der Waals surface area contributed by atoms with Crippen LogP contribution in [0.15, 0.2) is 12.3 Å². The Kier molecular flexibility index (Phi) is 3.53. The summed E-state index contributed by atoms with van der Waals surface area (Å²) in [4.78, 5) is 0. The largest absolute Gasteiger partial charge is 0.342 e. The molecule has 0 aliphatic rings. The van der Waals surface area contributed by atoms with Crippen molar-refractivity contribution in [3.05, 3.63) is 23.5 Å². The molecule has 0 spiro atoms. The Labute approximate surface area is 79.0 Å². The van der Waals surface area contributed by atoms with Crippen LogP contribution in [-0.4, -0.2) is 11.1 Å². The predicted molar refractivity (Wildman–Crippen MR) is 52.1 cm³/mol. The minimum absolute atomic E-state index is 0.716. The first kappa shape index (κ1) is 9.82. The maximum atomic E-state index is 8.71. The van der Waals surface area contributed by atoms with E-state index in [2.05, 4.69) is 18.3 Å². The van der Waals surface area contributed by atoms with E-state index in [0.29, 0.717) is 5.69 Å². The topological polar surface area (TPSA) is 40.8 Å². The van der Waals surface area contributed by atoms with Gasteiger partial charge in [0.1, 0.15) is 11.8 Å². The van der Waals surface area contributed by atoms with Gasteiger partial charge in [0.15, 0.2) is 0 Å². The van der Waals surface area contributed by atoms with Crippen LogP contribution in [-0.2, 0) is 13.6 Å². The van der Waals surface area contributed by atoms with Crippen molar-refractivity contribution in [2.24, 2.45) is 7.05 Å². The van der Waals surface area contributed by atoms with Gasteiger partial charge in [-0.2, -0.15) is 5.26 Å². The van der Waals surface area contributed by atoms with Crippen molar-refractivity contribution in [3.63, 3.8) is 0 Å². The molecule has 0 radical (unpaired) electrons. The molecule has 3 heteroatoms. The lowest BCUT2D eigenvalue weighted by molar-refractivity contribution is 0.674. The molecule has 0 aliphatic carbocycles. The minimum atomic E-state index is 0.716. The molecule has 1 heterocycles. The highest BCUT2D eigenvalue weighted by atomic mass is 14.9. The van der Waals surface area contributed by atoms with Crippen LogP contribution in [0.5, 0.6) is 0 Å². The smallest absolute Gasteiger partial charge is 0.120 e. The molecule has 1 N–H and O–H groups in total. The van der Waals surface area contributed by atoms with Crippen molar-refractivity contribution in [1.82, 2.24) is 9.88 Å². The first-order valence-electron chi connectivity index (χ1n) is 4.54. The van der Waals surface area contributed by atoms with Gasteiger partial charge in [-0.1, -0.05) is 6.92 Å². The number of rotatable bonds is 4. The summed E-state index contributed by atoms with van der Waals surface area (Å²) in [7, 11) is 1.89. The third-order valence-electron chi connectivity index (χ3n) is 1.93. The van der Waals surface area contributed by atoms with E-state index < -0.39 is 0 Å². The van der Waals surface area contributed by atoms with E-state index >= 15 is 0 Å². The van der Waals surface area contributed by atoms with Gasteiger partial charge >= 0.3 is 0 Å². The Morgan fingerprint density at radius 1 is 1.62 bits per heavy atom. The molecule has 70 valence electrons. The second kappa shape index (κ2) is 4.68. The van der Waals surface area contributed by atoms with E-state index in [9.17, 15) is 0 Å². The molecule has 0 amide bonds. The van der Waals surface area contributed by atoms with Crippen LogP contribution in [0.2, 0.25) is 0 Å². The van der Waals surface area contributed by atoms with E-state index in [1.165, 1.54) is 5.56 Å². The van der Waals surface area contributed by atoms with Crippen LogP contribution in [0.1, 0.15) is 24.6 Å². The van der Waals surface area contributed by atoms with Crippen LogP contribution < -0.4 is 5.32 Å². The molecule has 0 fully saturated rings. The molecule has 1 aromatic rings. The first-order valence-corrected chi connectivity index (χ1v) is 4.54. The van der Waals surface area contributed by atoms with E-state index in [-0.39, 0.29) is 0 Å². The van der Waals surface area contributed by atoms with E-state index in [0.717, 1.165) is 19.5 Å². The number of nitrogens with zero attached hydrogens (tertiary/aromatic N) is 2. The lowest BCUT2D eigenvalue weighted by Crippen LogP contribution is -2.13. The van der Waals surface area contributed by atoms with Crippen molar-refractivity contribution in [3.8, 4) is 6.07 Å². The lowest BCUT2D eigenvalue weighted by Gasteiger charge is -1.98. The molecule has 0 atom stereocenters. The summed E-state index contributed by atoms with van der Waals surface area (Å²) in [6.45, 7) is 4.01. The van der Waals surface area contributed by atoms with Crippen LogP contribution in [0, 0.1) is 11.3 Å². The summed E-state index contributed by atoms with van der Waals surface area (Å²) >= 11 is 0.